The van der Waals surface area contributed by atoms with Crippen molar-refractivity contribution in [3.63, 3.8) is 0 Å². The summed E-state index contributed by atoms with van der Waals surface area (Å²) in [4.78, 5) is 22.3. The zero-order valence-corrected chi connectivity index (χ0v) is 8.85. The molecule has 3 amide bonds. The molecule has 0 bridgehead atoms. The first-order valence-electron chi connectivity index (χ1n) is 5.01. The Hall–Kier alpha value is -1.30. The summed E-state index contributed by atoms with van der Waals surface area (Å²) in [5.74, 6) is -1.20. The highest BCUT2D eigenvalue weighted by Crippen LogP contribution is 2.27. The molecule has 0 aromatic rings. The van der Waals surface area contributed by atoms with Crippen LogP contribution in [0.2, 0.25) is 0 Å². The van der Waals surface area contributed by atoms with Crippen LogP contribution in [0.3, 0.4) is 0 Å². The third-order valence-electron chi connectivity index (χ3n) is 2.88. The molecule has 18 heavy (non-hydrogen) atoms. The largest absolute Gasteiger partial charge is 0.387 e. The first-order chi connectivity index (χ1) is 8.27. The Morgan fingerprint density at radius 1 is 1.06 bits per heavy atom. The summed E-state index contributed by atoms with van der Waals surface area (Å²) >= 11 is 0. The number of imide groups is 1. The van der Waals surface area contributed by atoms with Gasteiger partial charge < -0.3 is 30.3 Å². The lowest BCUT2D eigenvalue weighted by Gasteiger charge is -2.42. The molecule has 0 aromatic carbocycles. The monoisotopic (exact) mass is 264 g/mol. The van der Waals surface area contributed by atoms with E-state index in [1.54, 1.807) is 10.6 Å². The molecule has 0 aromatic heterocycles. The molecule has 6 atom stereocenters. The smallest absolute Gasteiger partial charge is 0.324 e. The van der Waals surface area contributed by atoms with E-state index in [-0.39, 0.29) is 0 Å². The third-order valence-corrected chi connectivity index (χ3v) is 2.88. The molecular formula is C8H12N2O8. The van der Waals surface area contributed by atoms with Crippen LogP contribution in [0.15, 0.2) is 0 Å². The van der Waals surface area contributed by atoms with Crippen molar-refractivity contribution in [2.24, 2.45) is 0 Å². The van der Waals surface area contributed by atoms with Crippen LogP contribution < -0.4 is 10.6 Å². The van der Waals surface area contributed by atoms with Crippen LogP contribution in [-0.4, -0.2) is 73.9 Å². The molecule has 2 heterocycles. The van der Waals surface area contributed by atoms with Crippen LogP contribution in [0.25, 0.3) is 0 Å². The van der Waals surface area contributed by atoms with Crippen LogP contribution in [0.5, 0.6) is 0 Å². The molecule has 2 rings (SSSR count). The molecule has 2 fully saturated rings. The number of hydrogen-bond donors (Lipinski definition) is 7. The molecular weight excluding hydrogens is 252 g/mol. The average Bonchev–Trinajstić information content (AvgIpc) is 2.55. The predicted octanol–water partition coefficient (Wildman–Crippen LogP) is -4.69. The van der Waals surface area contributed by atoms with Gasteiger partial charge in [-0.15, -0.1) is 0 Å². The van der Waals surface area contributed by atoms with E-state index >= 15 is 0 Å². The van der Waals surface area contributed by atoms with Crippen LogP contribution in [0.1, 0.15) is 0 Å². The van der Waals surface area contributed by atoms with E-state index in [1.165, 1.54) is 0 Å². The lowest BCUT2D eigenvalue weighted by Crippen LogP contribution is -2.69. The maximum absolute atomic E-state index is 11.4. The highest BCUT2D eigenvalue weighted by atomic mass is 16.6. The van der Waals surface area contributed by atoms with Gasteiger partial charge in [0, 0.05) is 0 Å². The molecule has 0 spiro atoms. The van der Waals surface area contributed by atoms with Crippen molar-refractivity contribution in [2.75, 3.05) is 0 Å². The van der Waals surface area contributed by atoms with E-state index in [1.807, 2.05) is 0 Å². The summed E-state index contributed by atoms with van der Waals surface area (Å²) in [6, 6.07) is -1.02. The third kappa shape index (κ3) is 1.75. The van der Waals surface area contributed by atoms with Crippen molar-refractivity contribution < 1.29 is 39.9 Å². The second-order valence-corrected chi connectivity index (χ2v) is 4.09. The minimum Gasteiger partial charge on any atom is -0.387 e. The van der Waals surface area contributed by atoms with Crippen molar-refractivity contribution in [1.29, 1.82) is 0 Å². The quantitative estimate of drug-likeness (QED) is 0.232. The molecule has 7 N–H and O–H groups in total. The minimum absolute atomic E-state index is 1.02. The van der Waals surface area contributed by atoms with E-state index in [0.717, 1.165) is 0 Å². The van der Waals surface area contributed by atoms with Crippen molar-refractivity contribution in [3.8, 4) is 0 Å². The normalized spacial score (nSPS) is 48.8. The number of amides is 3. The molecule has 2 aliphatic heterocycles. The molecule has 0 saturated carbocycles. The maximum Gasteiger partial charge on any atom is 0.324 e. The lowest BCUT2D eigenvalue weighted by atomic mass is 9.91. The van der Waals surface area contributed by atoms with E-state index < -0.39 is 48.4 Å². The Balaban J connectivity index is 2.27. The molecule has 10 nitrogen and oxygen atoms in total. The van der Waals surface area contributed by atoms with Crippen molar-refractivity contribution in [2.45, 2.75) is 36.4 Å². The highest BCUT2D eigenvalue weighted by Gasteiger charge is 2.59. The summed E-state index contributed by atoms with van der Waals surface area (Å²) in [5.41, 5.74) is -2.64. The summed E-state index contributed by atoms with van der Waals surface area (Å²) < 4.78 is 4.66. The Bertz CT molecular complexity index is 389. The first kappa shape index (κ1) is 13.1. The van der Waals surface area contributed by atoms with Gasteiger partial charge in [0.05, 0.1) is 0 Å². The van der Waals surface area contributed by atoms with Crippen LogP contribution >= 0.6 is 0 Å². The van der Waals surface area contributed by atoms with Gasteiger partial charge in [-0.05, 0) is 0 Å². The molecule has 0 radical (unpaired) electrons. The van der Waals surface area contributed by atoms with E-state index in [2.05, 4.69) is 4.74 Å². The zero-order valence-electron chi connectivity index (χ0n) is 8.85. The topological polar surface area (TPSA) is 169 Å². The van der Waals surface area contributed by atoms with Gasteiger partial charge >= 0.3 is 6.03 Å². The van der Waals surface area contributed by atoms with Gasteiger partial charge in [-0.25, -0.2) is 4.79 Å². The van der Waals surface area contributed by atoms with Gasteiger partial charge in [0.25, 0.3) is 5.91 Å². The Kier molecular flexibility index (Phi) is 3.01. The van der Waals surface area contributed by atoms with E-state index in [9.17, 15) is 35.1 Å². The number of rotatable bonds is 1. The van der Waals surface area contributed by atoms with Gasteiger partial charge in [-0.3, -0.25) is 15.4 Å². The number of carbonyl (C=O) groups is 2. The number of urea groups is 1. The SMILES string of the molecule is O=C1NC(=O)C(O)([C@H]2O[C@@H](O)[C@H](O)[C@@H](O)[C@@H]2O)N1. The van der Waals surface area contributed by atoms with Gasteiger partial charge in [-0.1, -0.05) is 0 Å². The zero-order chi connectivity index (χ0) is 13.7. The molecule has 2 saturated heterocycles. The summed E-state index contributed by atoms with van der Waals surface area (Å²) in [5, 5.41) is 51.0. The summed E-state index contributed by atoms with van der Waals surface area (Å²) in [6.07, 6.45) is -9.31. The van der Waals surface area contributed by atoms with Gasteiger partial charge in [0.15, 0.2) is 6.29 Å². The standard InChI is InChI=1S/C8H12N2O8/c11-1-2(12)4(18-5(14)3(1)13)8(17)6(15)9-7(16)10-8/h1-5,11-14,17H,(H2,9,10,15,16)/t1-,2-,3+,4-,5+,8?/m0/s1. The number of aliphatic hydroxyl groups is 5. The highest BCUT2D eigenvalue weighted by molar-refractivity contribution is 6.06. The van der Waals surface area contributed by atoms with Crippen molar-refractivity contribution in [3.05, 3.63) is 0 Å². The fourth-order valence-corrected chi connectivity index (χ4v) is 1.87. The summed E-state index contributed by atoms with van der Waals surface area (Å²) in [7, 11) is 0. The molecule has 2 aliphatic rings. The van der Waals surface area contributed by atoms with Crippen LogP contribution in [0.4, 0.5) is 4.79 Å². The number of aliphatic hydroxyl groups excluding tert-OH is 4. The van der Waals surface area contributed by atoms with Gasteiger partial charge in [-0.2, -0.15) is 0 Å². The Morgan fingerprint density at radius 3 is 2.17 bits per heavy atom. The number of hydrogen-bond acceptors (Lipinski definition) is 8. The average molecular weight is 264 g/mol. The van der Waals surface area contributed by atoms with E-state index in [4.69, 9.17) is 0 Å². The summed E-state index contributed by atoms with van der Waals surface area (Å²) in [6.45, 7) is 0. The lowest BCUT2D eigenvalue weighted by molar-refractivity contribution is -0.309. The molecule has 102 valence electrons. The van der Waals surface area contributed by atoms with Crippen molar-refractivity contribution in [1.82, 2.24) is 10.6 Å². The number of ether oxygens (including phenoxy) is 1. The van der Waals surface area contributed by atoms with Crippen molar-refractivity contribution >= 4 is 11.9 Å². The van der Waals surface area contributed by atoms with Gasteiger partial charge in [0.2, 0.25) is 5.72 Å². The first-order valence-corrected chi connectivity index (χ1v) is 5.01. The Labute approximate surface area is 99.8 Å². The predicted molar refractivity (Wildman–Crippen MR) is 50.5 cm³/mol. The fourth-order valence-electron chi connectivity index (χ4n) is 1.87. The maximum atomic E-state index is 11.4. The number of carbonyl (C=O) groups excluding carboxylic acids is 2. The molecule has 1 unspecified atom stereocenters. The minimum atomic E-state index is -2.64. The fraction of sp³-hybridized carbons (Fsp3) is 0.750. The van der Waals surface area contributed by atoms with E-state index in [0.29, 0.717) is 0 Å². The molecule has 0 aliphatic carbocycles. The van der Waals surface area contributed by atoms with Gasteiger partial charge in [0.1, 0.15) is 24.4 Å². The van der Waals surface area contributed by atoms with Crippen LogP contribution in [-0.2, 0) is 9.53 Å². The Morgan fingerprint density at radius 2 is 1.67 bits per heavy atom. The number of nitrogens with one attached hydrogen (secondary N) is 2. The molecule has 10 heteroatoms. The van der Waals surface area contributed by atoms with Crippen LogP contribution in [0, 0.1) is 0 Å². The second kappa shape index (κ2) is 4.12. The second-order valence-electron chi connectivity index (χ2n) is 4.09.